The molecular formula is C14H18N4O. The van der Waals surface area contributed by atoms with Gasteiger partial charge in [0.2, 0.25) is 5.91 Å². The van der Waals surface area contributed by atoms with Gasteiger partial charge in [0.25, 0.3) is 0 Å². The first-order valence-corrected chi connectivity index (χ1v) is 6.27. The molecule has 0 unspecified atom stereocenters. The molecule has 0 fully saturated rings. The molecule has 19 heavy (non-hydrogen) atoms. The Labute approximate surface area is 112 Å². The van der Waals surface area contributed by atoms with Gasteiger partial charge < -0.3 is 15.6 Å². The summed E-state index contributed by atoms with van der Waals surface area (Å²) < 4.78 is 1.96. The molecule has 0 aliphatic heterocycles. The lowest BCUT2D eigenvalue weighted by molar-refractivity contribution is -0.116. The maximum absolute atomic E-state index is 11.8. The second-order valence-electron chi connectivity index (χ2n) is 4.47. The maximum atomic E-state index is 11.8. The fourth-order valence-corrected chi connectivity index (χ4v) is 1.84. The third-order valence-electron chi connectivity index (χ3n) is 3.03. The number of nitrogens with zero attached hydrogens (tertiary/aromatic N) is 2. The molecule has 5 heteroatoms. The number of amides is 1. The van der Waals surface area contributed by atoms with Crippen molar-refractivity contribution in [2.75, 3.05) is 11.1 Å². The zero-order valence-corrected chi connectivity index (χ0v) is 11.0. The number of benzene rings is 1. The van der Waals surface area contributed by atoms with Crippen LogP contribution >= 0.6 is 0 Å². The van der Waals surface area contributed by atoms with Crippen LogP contribution in [0.25, 0.3) is 0 Å². The number of hydrogen-bond acceptors (Lipinski definition) is 3. The molecule has 0 bridgehead atoms. The Morgan fingerprint density at radius 1 is 1.47 bits per heavy atom. The van der Waals surface area contributed by atoms with Crippen molar-refractivity contribution in [1.82, 2.24) is 9.55 Å². The van der Waals surface area contributed by atoms with Crippen molar-refractivity contribution in [1.29, 1.82) is 0 Å². The van der Waals surface area contributed by atoms with E-state index >= 15 is 0 Å². The van der Waals surface area contributed by atoms with Crippen molar-refractivity contribution in [3.8, 4) is 0 Å². The van der Waals surface area contributed by atoms with E-state index in [4.69, 9.17) is 5.73 Å². The monoisotopic (exact) mass is 258 g/mol. The molecule has 0 radical (unpaired) electrons. The van der Waals surface area contributed by atoms with Crippen LogP contribution in [0.3, 0.4) is 0 Å². The quantitative estimate of drug-likeness (QED) is 0.807. The van der Waals surface area contributed by atoms with E-state index < -0.39 is 0 Å². The minimum Gasteiger partial charge on any atom is -0.398 e. The largest absolute Gasteiger partial charge is 0.398 e. The minimum absolute atomic E-state index is 0.00816. The zero-order valence-electron chi connectivity index (χ0n) is 11.0. The van der Waals surface area contributed by atoms with E-state index in [0.29, 0.717) is 12.1 Å². The molecule has 0 aliphatic carbocycles. The van der Waals surface area contributed by atoms with E-state index in [0.717, 1.165) is 24.2 Å². The Balaban J connectivity index is 1.82. The van der Waals surface area contributed by atoms with E-state index in [2.05, 4.69) is 10.3 Å². The van der Waals surface area contributed by atoms with E-state index in [1.54, 1.807) is 12.5 Å². The van der Waals surface area contributed by atoms with Crippen molar-refractivity contribution in [2.45, 2.75) is 26.3 Å². The molecule has 0 saturated heterocycles. The minimum atomic E-state index is 0.00816. The summed E-state index contributed by atoms with van der Waals surface area (Å²) in [5, 5.41) is 2.89. The first-order chi connectivity index (χ1) is 9.16. The van der Waals surface area contributed by atoms with Crippen molar-refractivity contribution < 1.29 is 4.79 Å². The number of aryl methyl sites for hydroxylation is 1. The number of aromatic nitrogens is 2. The Morgan fingerprint density at radius 2 is 2.32 bits per heavy atom. The zero-order chi connectivity index (χ0) is 13.7. The van der Waals surface area contributed by atoms with Crippen LogP contribution in [0.4, 0.5) is 11.4 Å². The predicted octanol–water partition coefficient (Wildman–Crippen LogP) is 2.19. The molecule has 0 aliphatic rings. The molecule has 1 heterocycles. The highest BCUT2D eigenvalue weighted by Crippen LogP contribution is 2.20. The number of carbonyl (C=O) groups is 1. The standard InChI is InChI=1S/C14H18N4O/c1-11-12(15)4-2-5-13(11)17-14(19)6-3-8-18-9-7-16-10-18/h2,4-5,7,9-10H,3,6,8,15H2,1H3,(H,17,19). The Bertz CT molecular complexity index is 549. The summed E-state index contributed by atoms with van der Waals surface area (Å²) in [4.78, 5) is 15.8. The molecule has 1 aromatic carbocycles. The van der Waals surface area contributed by atoms with Crippen molar-refractivity contribution in [2.24, 2.45) is 0 Å². The van der Waals surface area contributed by atoms with Gasteiger partial charge in [-0.2, -0.15) is 0 Å². The summed E-state index contributed by atoms with van der Waals surface area (Å²) in [6.07, 6.45) is 6.63. The summed E-state index contributed by atoms with van der Waals surface area (Å²) in [5.41, 5.74) is 8.18. The molecule has 3 N–H and O–H groups in total. The van der Waals surface area contributed by atoms with Gasteiger partial charge in [0.15, 0.2) is 0 Å². The highest BCUT2D eigenvalue weighted by Gasteiger charge is 2.06. The molecule has 2 aromatic rings. The van der Waals surface area contributed by atoms with Gasteiger partial charge >= 0.3 is 0 Å². The second-order valence-corrected chi connectivity index (χ2v) is 4.47. The Kier molecular flexibility index (Phi) is 4.18. The summed E-state index contributed by atoms with van der Waals surface area (Å²) in [5.74, 6) is 0.00816. The molecule has 100 valence electrons. The molecule has 5 nitrogen and oxygen atoms in total. The Hall–Kier alpha value is -2.30. The van der Waals surface area contributed by atoms with Crippen LogP contribution in [0.15, 0.2) is 36.9 Å². The fraction of sp³-hybridized carbons (Fsp3) is 0.286. The predicted molar refractivity (Wildman–Crippen MR) is 75.7 cm³/mol. The number of nitrogen functional groups attached to an aromatic ring is 1. The number of nitrogens with two attached hydrogens (primary N) is 1. The van der Waals surface area contributed by atoms with Gasteiger partial charge in [-0.25, -0.2) is 4.98 Å². The smallest absolute Gasteiger partial charge is 0.224 e. The average molecular weight is 258 g/mol. The summed E-state index contributed by atoms with van der Waals surface area (Å²) in [6.45, 7) is 2.69. The molecule has 1 aromatic heterocycles. The second kappa shape index (κ2) is 6.04. The average Bonchev–Trinajstić information content (AvgIpc) is 2.88. The number of nitrogens with one attached hydrogen (secondary N) is 1. The highest BCUT2D eigenvalue weighted by atomic mass is 16.1. The number of imidazole rings is 1. The molecule has 0 saturated carbocycles. The number of anilines is 2. The fourth-order valence-electron chi connectivity index (χ4n) is 1.84. The normalized spacial score (nSPS) is 10.4. The van der Waals surface area contributed by atoms with E-state index in [1.807, 2.05) is 35.9 Å². The lowest BCUT2D eigenvalue weighted by atomic mass is 10.1. The molecule has 1 amide bonds. The molecule has 0 spiro atoms. The lowest BCUT2D eigenvalue weighted by Crippen LogP contribution is -2.13. The van der Waals surface area contributed by atoms with Crippen molar-refractivity contribution in [3.05, 3.63) is 42.5 Å². The Morgan fingerprint density at radius 3 is 3.05 bits per heavy atom. The number of rotatable bonds is 5. The van der Waals surface area contributed by atoms with Gasteiger partial charge in [-0.3, -0.25) is 4.79 Å². The molecule has 2 rings (SSSR count). The summed E-state index contributed by atoms with van der Waals surface area (Å²) in [7, 11) is 0. The third kappa shape index (κ3) is 3.58. The van der Waals surface area contributed by atoms with Gasteiger partial charge in [-0.15, -0.1) is 0 Å². The highest BCUT2D eigenvalue weighted by molar-refractivity contribution is 5.92. The molecular weight excluding hydrogens is 240 g/mol. The topological polar surface area (TPSA) is 72.9 Å². The first kappa shape index (κ1) is 13.1. The van der Waals surface area contributed by atoms with Crippen LogP contribution in [0.2, 0.25) is 0 Å². The van der Waals surface area contributed by atoms with Crippen LogP contribution in [0.5, 0.6) is 0 Å². The first-order valence-electron chi connectivity index (χ1n) is 6.27. The third-order valence-corrected chi connectivity index (χ3v) is 3.03. The summed E-state index contributed by atoms with van der Waals surface area (Å²) in [6, 6.07) is 5.52. The van der Waals surface area contributed by atoms with E-state index in [9.17, 15) is 4.79 Å². The van der Waals surface area contributed by atoms with Crippen LogP contribution in [-0.4, -0.2) is 15.5 Å². The van der Waals surface area contributed by atoms with Crippen LogP contribution in [-0.2, 0) is 11.3 Å². The van der Waals surface area contributed by atoms with Crippen LogP contribution in [0, 0.1) is 6.92 Å². The number of carbonyl (C=O) groups excluding carboxylic acids is 1. The number of hydrogen-bond donors (Lipinski definition) is 2. The van der Waals surface area contributed by atoms with Crippen molar-refractivity contribution >= 4 is 17.3 Å². The van der Waals surface area contributed by atoms with Crippen molar-refractivity contribution in [3.63, 3.8) is 0 Å². The van der Waals surface area contributed by atoms with E-state index in [1.165, 1.54) is 0 Å². The van der Waals surface area contributed by atoms with Crippen LogP contribution < -0.4 is 11.1 Å². The maximum Gasteiger partial charge on any atom is 0.224 e. The SMILES string of the molecule is Cc1c(N)cccc1NC(=O)CCCn1ccnc1. The van der Waals surface area contributed by atoms with Gasteiger partial charge in [0, 0.05) is 36.7 Å². The van der Waals surface area contributed by atoms with Gasteiger partial charge in [-0.05, 0) is 31.0 Å². The van der Waals surface area contributed by atoms with E-state index in [-0.39, 0.29) is 5.91 Å². The lowest BCUT2D eigenvalue weighted by Gasteiger charge is -2.10. The molecule has 0 atom stereocenters. The van der Waals surface area contributed by atoms with Gasteiger partial charge in [-0.1, -0.05) is 6.07 Å². The van der Waals surface area contributed by atoms with Crippen LogP contribution in [0.1, 0.15) is 18.4 Å². The van der Waals surface area contributed by atoms with Gasteiger partial charge in [0.05, 0.1) is 6.33 Å². The van der Waals surface area contributed by atoms with Gasteiger partial charge in [0.1, 0.15) is 0 Å². The summed E-state index contributed by atoms with van der Waals surface area (Å²) >= 11 is 0.